The molecule has 0 spiro atoms. The van der Waals surface area contributed by atoms with Crippen LogP contribution >= 0.6 is 43.5 Å². The number of carbonyl (C=O) groups excluding carboxylic acids is 2. The van der Waals surface area contributed by atoms with Gasteiger partial charge in [-0.3, -0.25) is 0 Å². The molecule has 19 heteroatoms. The number of morpholine rings is 2. The number of halogens is 6. The first-order chi connectivity index (χ1) is 24.4. The quantitative estimate of drug-likeness (QED) is 0.109. The van der Waals surface area contributed by atoms with Gasteiger partial charge < -0.3 is 41.4 Å². The normalized spacial score (nSPS) is 17.4. The molecule has 4 aromatic rings. The Kier molecular flexibility index (Phi) is 13.5. The van der Waals surface area contributed by atoms with Gasteiger partial charge in [0.05, 0.1) is 66.8 Å². The Labute approximate surface area is 312 Å². The van der Waals surface area contributed by atoms with Gasteiger partial charge in [-0.1, -0.05) is 23.7 Å². The number of amides is 4. The minimum absolute atomic E-state index is 0.0260. The summed E-state index contributed by atoms with van der Waals surface area (Å²) in [4.78, 5) is 34.4. The minimum atomic E-state index is -4.63. The second kappa shape index (κ2) is 18.0. The third-order valence-electron chi connectivity index (χ3n) is 7.23. The number of aromatic nitrogens is 3. The summed E-state index contributed by atoms with van der Waals surface area (Å²) < 4.78 is 50.2. The van der Waals surface area contributed by atoms with Crippen molar-refractivity contribution in [2.45, 2.75) is 18.4 Å². The maximum Gasteiger partial charge on any atom is 0.451 e. The molecule has 2 aliphatic rings. The molecule has 2 saturated heterocycles. The van der Waals surface area contributed by atoms with Gasteiger partial charge in [0, 0.05) is 35.1 Å². The van der Waals surface area contributed by atoms with Crippen molar-refractivity contribution in [3.63, 3.8) is 0 Å². The molecule has 2 atom stereocenters. The molecule has 2 aromatic carbocycles. The highest BCUT2D eigenvalue weighted by Gasteiger charge is 2.34. The SMILES string of the molecule is O=C(Nc1ccc(Cl)nc1)Nc1ccc([C@H]2CNCCO2)cc1Br.O=C(Nc1cnc(C(F)(F)F)nc1)Nc1ccc([C@H]2CNCCO2)cc1Br. The molecule has 270 valence electrons. The molecule has 4 heterocycles. The van der Waals surface area contributed by atoms with Crippen LogP contribution < -0.4 is 31.9 Å². The van der Waals surface area contributed by atoms with Crippen LogP contribution in [-0.4, -0.2) is 66.4 Å². The first-order valence-electron chi connectivity index (χ1n) is 15.3. The van der Waals surface area contributed by atoms with Crippen LogP contribution in [0.4, 0.5) is 45.5 Å². The Bertz CT molecular complexity index is 1800. The number of rotatable bonds is 6. The van der Waals surface area contributed by atoms with E-state index in [9.17, 15) is 22.8 Å². The van der Waals surface area contributed by atoms with Crippen LogP contribution in [0.3, 0.4) is 0 Å². The number of hydrogen-bond donors (Lipinski definition) is 6. The Morgan fingerprint density at radius 2 is 1.22 bits per heavy atom. The summed E-state index contributed by atoms with van der Waals surface area (Å²) in [6.07, 6.45) is -1.40. The van der Waals surface area contributed by atoms with E-state index in [1.165, 1.54) is 6.20 Å². The molecular formula is C32H31Br2ClF3N9O4. The molecule has 13 nitrogen and oxygen atoms in total. The number of nitrogens with one attached hydrogen (secondary N) is 6. The molecule has 0 unspecified atom stereocenters. The number of pyridine rings is 1. The second-order valence-corrected chi connectivity index (χ2v) is 13.0. The second-order valence-electron chi connectivity index (χ2n) is 10.9. The van der Waals surface area contributed by atoms with Crippen molar-refractivity contribution in [2.24, 2.45) is 0 Å². The maximum atomic E-state index is 12.4. The Hall–Kier alpha value is -3.91. The monoisotopic (exact) mass is 855 g/mol. The van der Waals surface area contributed by atoms with Gasteiger partial charge in [0.2, 0.25) is 5.82 Å². The van der Waals surface area contributed by atoms with Crippen LogP contribution in [0.15, 0.2) is 76.1 Å². The fourth-order valence-corrected chi connectivity index (χ4v) is 5.89. The van der Waals surface area contributed by atoms with Crippen LogP contribution in [0.25, 0.3) is 0 Å². The molecule has 0 aliphatic carbocycles. The van der Waals surface area contributed by atoms with Crippen LogP contribution in [0.2, 0.25) is 5.15 Å². The molecule has 2 aliphatic heterocycles. The number of urea groups is 2. The van der Waals surface area contributed by atoms with E-state index in [4.69, 9.17) is 21.1 Å². The number of anilines is 4. The van der Waals surface area contributed by atoms with Gasteiger partial charge in [-0.15, -0.1) is 0 Å². The van der Waals surface area contributed by atoms with E-state index < -0.39 is 18.0 Å². The van der Waals surface area contributed by atoms with Gasteiger partial charge in [-0.2, -0.15) is 13.2 Å². The lowest BCUT2D eigenvalue weighted by molar-refractivity contribution is -0.144. The van der Waals surface area contributed by atoms with Crippen molar-refractivity contribution in [2.75, 3.05) is 60.7 Å². The van der Waals surface area contributed by atoms with Gasteiger partial charge in [-0.05, 0) is 79.4 Å². The Balaban J connectivity index is 0.000000199. The summed E-state index contributed by atoms with van der Waals surface area (Å²) in [5.74, 6) is -1.27. The molecular weight excluding hydrogens is 827 g/mol. The number of benzene rings is 2. The number of ether oxygens (including phenoxy) is 2. The highest BCUT2D eigenvalue weighted by molar-refractivity contribution is 9.11. The summed E-state index contributed by atoms with van der Waals surface area (Å²) in [6.45, 7) is 4.48. The summed E-state index contributed by atoms with van der Waals surface area (Å²) in [5, 5.41) is 17.4. The van der Waals surface area contributed by atoms with E-state index in [0.29, 0.717) is 46.4 Å². The molecule has 51 heavy (non-hydrogen) atoms. The van der Waals surface area contributed by atoms with Gasteiger partial charge >= 0.3 is 18.2 Å². The molecule has 4 amide bonds. The minimum Gasteiger partial charge on any atom is -0.371 e. The number of nitrogens with zero attached hydrogens (tertiary/aromatic N) is 3. The van der Waals surface area contributed by atoms with E-state index in [-0.39, 0.29) is 23.9 Å². The molecule has 6 N–H and O–H groups in total. The highest BCUT2D eigenvalue weighted by Crippen LogP contribution is 2.30. The smallest absolute Gasteiger partial charge is 0.371 e. The molecule has 6 rings (SSSR count). The summed E-state index contributed by atoms with van der Waals surface area (Å²) in [5.41, 5.74) is 3.77. The zero-order chi connectivity index (χ0) is 36.4. The zero-order valence-electron chi connectivity index (χ0n) is 26.5. The van der Waals surface area contributed by atoms with Crippen molar-refractivity contribution in [1.29, 1.82) is 0 Å². The van der Waals surface area contributed by atoms with Crippen molar-refractivity contribution >= 4 is 78.3 Å². The lowest BCUT2D eigenvalue weighted by Crippen LogP contribution is -2.33. The van der Waals surface area contributed by atoms with E-state index in [1.54, 1.807) is 18.2 Å². The predicted molar refractivity (Wildman–Crippen MR) is 193 cm³/mol. The van der Waals surface area contributed by atoms with Gasteiger partial charge in [-0.25, -0.2) is 24.5 Å². The first kappa shape index (κ1) is 38.3. The fourth-order valence-electron chi connectivity index (χ4n) is 4.78. The lowest BCUT2D eigenvalue weighted by Gasteiger charge is -2.24. The first-order valence-corrected chi connectivity index (χ1v) is 17.3. The van der Waals surface area contributed by atoms with Crippen molar-refractivity contribution < 1.29 is 32.2 Å². The third-order valence-corrected chi connectivity index (χ3v) is 8.77. The summed E-state index contributed by atoms with van der Waals surface area (Å²) >= 11 is 12.6. The van der Waals surface area contributed by atoms with E-state index in [0.717, 1.165) is 47.6 Å². The lowest BCUT2D eigenvalue weighted by atomic mass is 10.1. The van der Waals surface area contributed by atoms with Crippen LogP contribution in [-0.2, 0) is 15.7 Å². The van der Waals surface area contributed by atoms with Crippen molar-refractivity contribution in [3.8, 4) is 0 Å². The van der Waals surface area contributed by atoms with Crippen molar-refractivity contribution in [3.05, 3.63) is 98.2 Å². The molecule has 0 bridgehead atoms. The van der Waals surface area contributed by atoms with Crippen LogP contribution in [0.5, 0.6) is 0 Å². The zero-order valence-corrected chi connectivity index (χ0v) is 30.4. The molecule has 0 radical (unpaired) electrons. The van der Waals surface area contributed by atoms with E-state index in [2.05, 4.69) is 78.7 Å². The third kappa shape index (κ3) is 11.5. The summed E-state index contributed by atoms with van der Waals surface area (Å²) in [7, 11) is 0. The molecule has 2 aromatic heterocycles. The number of alkyl halides is 3. The standard InChI is InChI=1S/C16H16BrClN4O2.C16H15BrF3N5O2/c17-12-7-10(14-9-19-5-6-24-14)1-3-13(12)22-16(23)21-11-2-4-15(18)20-8-11;17-11-5-9(13-8-21-3-4-27-13)1-2-12(11)25-15(26)24-10-6-22-14(23-7-10)16(18,19)20/h1-4,7-8,14,19H,5-6,9H2,(H2,21,22,23);1-2,5-7,13,21H,3-4,8H2,(H2,24,25,26)/t14-;13-/m11/s1. The number of hydrogen-bond acceptors (Lipinski definition) is 9. The number of carbonyl (C=O) groups is 2. The largest absolute Gasteiger partial charge is 0.451 e. The topological polar surface area (TPSA) is 163 Å². The molecule has 2 fully saturated rings. The van der Waals surface area contributed by atoms with Crippen LogP contribution in [0, 0.1) is 0 Å². The van der Waals surface area contributed by atoms with Gasteiger partial charge in [0.15, 0.2) is 0 Å². The van der Waals surface area contributed by atoms with E-state index in [1.807, 2.05) is 30.3 Å². The average Bonchev–Trinajstić information content (AvgIpc) is 3.12. The van der Waals surface area contributed by atoms with E-state index >= 15 is 0 Å². The fraction of sp³-hybridized carbons (Fsp3) is 0.281. The van der Waals surface area contributed by atoms with Crippen molar-refractivity contribution in [1.82, 2.24) is 25.6 Å². The Morgan fingerprint density at radius 1 is 0.725 bits per heavy atom. The van der Waals surface area contributed by atoms with Crippen LogP contribution in [0.1, 0.15) is 29.2 Å². The average molecular weight is 858 g/mol. The maximum absolute atomic E-state index is 12.4. The molecule has 0 saturated carbocycles. The summed E-state index contributed by atoms with van der Waals surface area (Å²) in [6, 6.07) is 13.4. The Morgan fingerprint density at radius 3 is 1.63 bits per heavy atom. The predicted octanol–water partition coefficient (Wildman–Crippen LogP) is 7.37. The van der Waals surface area contributed by atoms with Gasteiger partial charge in [0.1, 0.15) is 5.15 Å². The van der Waals surface area contributed by atoms with Gasteiger partial charge in [0.25, 0.3) is 0 Å². The highest BCUT2D eigenvalue weighted by atomic mass is 79.9.